The first-order valence-electron chi connectivity index (χ1n) is 5.53. The molecule has 96 valence electrons. The highest BCUT2D eigenvalue weighted by molar-refractivity contribution is 5.26. The predicted molar refractivity (Wildman–Crippen MR) is 63.6 cm³/mol. The van der Waals surface area contributed by atoms with E-state index in [2.05, 4.69) is 20.3 Å². The molecular formula is C11H14N4O3. The van der Waals surface area contributed by atoms with Gasteiger partial charge in [0.15, 0.2) is 0 Å². The lowest BCUT2D eigenvalue weighted by Crippen LogP contribution is -2.06. The molecule has 0 amide bonds. The smallest absolute Gasteiger partial charge is 0.324 e. The number of ether oxygens (including phenoxy) is 2. The maximum atomic E-state index is 5.40. The summed E-state index contributed by atoms with van der Waals surface area (Å²) in [6.45, 7) is 2.59. The monoisotopic (exact) mass is 250 g/mol. The van der Waals surface area contributed by atoms with Crippen molar-refractivity contribution >= 4 is 5.95 Å². The highest BCUT2D eigenvalue weighted by Crippen LogP contribution is 2.14. The number of furan rings is 1. The van der Waals surface area contributed by atoms with E-state index < -0.39 is 0 Å². The zero-order valence-electron chi connectivity index (χ0n) is 10.2. The second-order valence-electron chi connectivity index (χ2n) is 3.28. The van der Waals surface area contributed by atoms with Gasteiger partial charge in [-0.25, -0.2) is 0 Å². The fourth-order valence-corrected chi connectivity index (χ4v) is 1.24. The van der Waals surface area contributed by atoms with E-state index in [1.54, 1.807) is 19.4 Å². The number of aromatic nitrogens is 3. The molecule has 0 radical (unpaired) electrons. The lowest BCUT2D eigenvalue weighted by Gasteiger charge is -2.06. The molecule has 2 heterocycles. The van der Waals surface area contributed by atoms with Crippen LogP contribution in [0.5, 0.6) is 12.0 Å². The van der Waals surface area contributed by atoms with Gasteiger partial charge in [-0.05, 0) is 19.1 Å². The molecule has 0 fully saturated rings. The second-order valence-corrected chi connectivity index (χ2v) is 3.28. The van der Waals surface area contributed by atoms with Gasteiger partial charge in [-0.15, -0.1) is 4.98 Å². The van der Waals surface area contributed by atoms with E-state index in [0.717, 1.165) is 0 Å². The largest absolute Gasteiger partial charge is 0.466 e. The first kappa shape index (κ1) is 12.2. The molecular weight excluding hydrogens is 236 g/mol. The highest BCUT2D eigenvalue weighted by atomic mass is 16.5. The van der Waals surface area contributed by atoms with Crippen molar-refractivity contribution in [1.29, 1.82) is 0 Å². The van der Waals surface area contributed by atoms with Gasteiger partial charge < -0.3 is 19.2 Å². The maximum absolute atomic E-state index is 5.40. The summed E-state index contributed by atoms with van der Waals surface area (Å²) >= 11 is 0. The molecule has 7 nitrogen and oxygen atoms in total. The topological polar surface area (TPSA) is 82.3 Å². The molecule has 0 atom stereocenters. The van der Waals surface area contributed by atoms with Gasteiger partial charge >= 0.3 is 12.0 Å². The molecule has 2 aromatic heterocycles. The van der Waals surface area contributed by atoms with Crippen molar-refractivity contribution in [2.75, 3.05) is 19.0 Å². The number of rotatable bonds is 6. The molecule has 1 N–H and O–H groups in total. The van der Waals surface area contributed by atoms with E-state index >= 15 is 0 Å². The number of nitrogens with zero attached hydrogens (tertiary/aromatic N) is 3. The normalized spacial score (nSPS) is 10.1. The van der Waals surface area contributed by atoms with E-state index in [4.69, 9.17) is 13.9 Å². The van der Waals surface area contributed by atoms with E-state index in [1.165, 1.54) is 0 Å². The zero-order chi connectivity index (χ0) is 12.8. The lowest BCUT2D eigenvalue weighted by molar-refractivity contribution is 0.239. The van der Waals surface area contributed by atoms with Crippen molar-refractivity contribution in [1.82, 2.24) is 15.0 Å². The third-order valence-corrected chi connectivity index (χ3v) is 2.02. The Kier molecular flexibility index (Phi) is 3.95. The molecule has 18 heavy (non-hydrogen) atoms. The Morgan fingerprint density at radius 3 is 2.61 bits per heavy atom. The third-order valence-electron chi connectivity index (χ3n) is 2.02. The van der Waals surface area contributed by atoms with Crippen LogP contribution in [0.1, 0.15) is 12.7 Å². The Hall–Kier alpha value is -2.31. The van der Waals surface area contributed by atoms with Gasteiger partial charge in [-0.3, -0.25) is 0 Å². The van der Waals surface area contributed by atoms with Crippen molar-refractivity contribution in [3.05, 3.63) is 24.2 Å². The lowest BCUT2D eigenvalue weighted by atomic mass is 10.5. The van der Waals surface area contributed by atoms with Crippen LogP contribution in [0.15, 0.2) is 22.8 Å². The van der Waals surface area contributed by atoms with Crippen LogP contribution in [0.2, 0.25) is 0 Å². The highest BCUT2D eigenvalue weighted by Gasteiger charge is 2.08. The molecule has 0 saturated heterocycles. The molecule has 0 aliphatic heterocycles. The Morgan fingerprint density at radius 1 is 1.22 bits per heavy atom. The van der Waals surface area contributed by atoms with Gasteiger partial charge in [0.1, 0.15) is 12.4 Å². The van der Waals surface area contributed by atoms with Crippen LogP contribution in [0.4, 0.5) is 5.95 Å². The maximum Gasteiger partial charge on any atom is 0.324 e. The van der Waals surface area contributed by atoms with Crippen molar-refractivity contribution < 1.29 is 13.9 Å². The van der Waals surface area contributed by atoms with Crippen molar-refractivity contribution in [3.8, 4) is 12.0 Å². The van der Waals surface area contributed by atoms with Crippen molar-refractivity contribution in [2.24, 2.45) is 0 Å². The standard InChI is InChI=1S/C11H14N4O3/c1-3-16-10-13-9(12-2)14-11(15-10)18-7-8-5-4-6-17-8/h4-6H,3,7H2,1-2H3,(H,12,13,14,15). The van der Waals surface area contributed by atoms with Crippen molar-refractivity contribution in [2.45, 2.75) is 13.5 Å². The minimum atomic E-state index is 0.189. The van der Waals surface area contributed by atoms with Crippen LogP contribution in [-0.2, 0) is 6.61 Å². The summed E-state index contributed by atoms with van der Waals surface area (Å²) in [5, 5.41) is 2.81. The summed E-state index contributed by atoms with van der Waals surface area (Å²) in [5.41, 5.74) is 0. The van der Waals surface area contributed by atoms with Crippen LogP contribution in [0.3, 0.4) is 0 Å². The number of hydrogen-bond acceptors (Lipinski definition) is 7. The number of nitrogens with one attached hydrogen (secondary N) is 1. The van der Waals surface area contributed by atoms with Gasteiger partial charge in [0, 0.05) is 7.05 Å². The van der Waals surface area contributed by atoms with Gasteiger partial charge in [0.25, 0.3) is 0 Å². The van der Waals surface area contributed by atoms with E-state index in [1.807, 2.05) is 13.0 Å². The third kappa shape index (κ3) is 3.09. The van der Waals surface area contributed by atoms with Crippen LogP contribution in [0, 0.1) is 0 Å². The van der Waals surface area contributed by atoms with Gasteiger partial charge in [0.2, 0.25) is 5.95 Å². The molecule has 0 bridgehead atoms. The summed E-state index contributed by atoms with van der Waals surface area (Å²) in [6.07, 6.45) is 1.58. The Labute approximate surface area is 104 Å². The quantitative estimate of drug-likeness (QED) is 0.831. The average Bonchev–Trinajstić information content (AvgIpc) is 2.89. The average molecular weight is 250 g/mol. The number of anilines is 1. The molecule has 0 saturated carbocycles. The molecule has 2 aromatic rings. The SMILES string of the molecule is CCOc1nc(NC)nc(OCc2ccco2)n1. The van der Waals surface area contributed by atoms with Gasteiger partial charge in [-0.2, -0.15) is 9.97 Å². The van der Waals surface area contributed by atoms with Crippen LogP contribution < -0.4 is 14.8 Å². The summed E-state index contributed by atoms with van der Waals surface area (Å²) < 4.78 is 15.8. The summed E-state index contributed by atoms with van der Waals surface area (Å²) in [5.74, 6) is 1.09. The summed E-state index contributed by atoms with van der Waals surface area (Å²) in [7, 11) is 1.71. The Bertz CT molecular complexity index is 487. The first-order valence-corrected chi connectivity index (χ1v) is 5.53. The van der Waals surface area contributed by atoms with E-state index in [-0.39, 0.29) is 18.6 Å². The molecule has 0 unspecified atom stereocenters. The molecule has 0 spiro atoms. The van der Waals surface area contributed by atoms with Gasteiger partial charge in [0.05, 0.1) is 12.9 Å². The molecule has 2 rings (SSSR count). The Balaban J connectivity index is 2.08. The molecule has 0 aromatic carbocycles. The minimum Gasteiger partial charge on any atom is -0.466 e. The Morgan fingerprint density at radius 2 is 2.00 bits per heavy atom. The molecule has 0 aliphatic rings. The first-order chi connectivity index (χ1) is 8.81. The minimum absolute atomic E-state index is 0.189. The number of hydrogen-bond donors (Lipinski definition) is 1. The summed E-state index contributed by atoms with van der Waals surface area (Å²) in [4.78, 5) is 12.1. The summed E-state index contributed by atoms with van der Waals surface area (Å²) in [6, 6.07) is 4.01. The fourth-order valence-electron chi connectivity index (χ4n) is 1.24. The molecule has 7 heteroatoms. The second kappa shape index (κ2) is 5.85. The predicted octanol–water partition coefficient (Wildman–Crippen LogP) is 1.48. The van der Waals surface area contributed by atoms with Gasteiger partial charge in [-0.1, -0.05) is 0 Å². The van der Waals surface area contributed by atoms with Crippen molar-refractivity contribution in [3.63, 3.8) is 0 Å². The van der Waals surface area contributed by atoms with E-state index in [9.17, 15) is 0 Å². The van der Waals surface area contributed by atoms with Crippen LogP contribution in [-0.4, -0.2) is 28.6 Å². The van der Waals surface area contributed by atoms with Crippen LogP contribution in [0.25, 0.3) is 0 Å². The van der Waals surface area contributed by atoms with E-state index in [0.29, 0.717) is 18.3 Å². The zero-order valence-corrected chi connectivity index (χ0v) is 10.2. The fraction of sp³-hybridized carbons (Fsp3) is 0.364. The molecule has 0 aliphatic carbocycles. The van der Waals surface area contributed by atoms with Crippen LogP contribution >= 0.6 is 0 Å².